The zero-order valence-electron chi connectivity index (χ0n) is 15.5. The summed E-state index contributed by atoms with van der Waals surface area (Å²) in [5, 5.41) is 2.78. The lowest BCUT2D eigenvalue weighted by Gasteiger charge is -2.13. The molecule has 26 heavy (non-hydrogen) atoms. The van der Waals surface area contributed by atoms with Gasteiger partial charge in [-0.3, -0.25) is 4.79 Å². The smallest absolute Gasteiger partial charge is 0.255 e. The van der Waals surface area contributed by atoms with Crippen molar-refractivity contribution in [2.45, 2.75) is 18.7 Å². The molecule has 0 aliphatic carbocycles. The summed E-state index contributed by atoms with van der Waals surface area (Å²) in [6.07, 6.45) is 0. The molecule has 0 bridgehead atoms. The molecular formula is C19H25N3O3S. The highest BCUT2D eigenvalue weighted by Crippen LogP contribution is 2.17. The van der Waals surface area contributed by atoms with Gasteiger partial charge in [-0.1, -0.05) is 19.9 Å². The quantitative estimate of drug-likeness (QED) is 0.780. The van der Waals surface area contributed by atoms with Gasteiger partial charge in [-0.25, -0.2) is 13.1 Å². The molecule has 0 aromatic heterocycles. The van der Waals surface area contributed by atoms with Crippen molar-refractivity contribution < 1.29 is 13.2 Å². The number of sulfonamides is 1. The van der Waals surface area contributed by atoms with E-state index in [4.69, 9.17) is 0 Å². The molecular weight excluding hydrogens is 350 g/mol. The van der Waals surface area contributed by atoms with Crippen LogP contribution in [0.5, 0.6) is 0 Å². The van der Waals surface area contributed by atoms with E-state index in [1.54, 1.807) is 24.3 Å². The first kappa shape index (κ1) is 19.9. The van der Waals surface area contributed by atoms with Crippen LogP contribution in [0, 0.1) is 5.92 Å². The SMILES string of the molecule is CC(C)CNS(=O)(=O)c1cccc(C(=O)Nc2ccc(N(C)C)cc2)c1. The molecule has 0 heterocycles. The first-order valence-corrected chi connectivity index (χ1v) is 9.86. The zero-order valence-corrected chi connectivity index (χ0v) is 16.3. The van der Waals surface area contributed by atoms with E-state index in [2.05, 4.69) is 10.0 Å². The van der Waals surface area contributed by atoms with Crippen LogP contribution in [-0.4, -0.2) is 35.0 Å². The van der Waals surface area contributed by atoms with Crippen molar-refractivity contribution >= 4 is 27.3 Å². The topological polar surface area (TPSA) is 78.5 Å². The Bertz CT molecular complexity index is 860. The Morgan fingerprint density at radius 3 is 2.31 bits per heavy atom. The van der Waals surface area contributed by atoms with E-state index in [9.17, 15) is 13.2 Å². The molecule has 2 rings (SSSR count). The maximum atomic E-state index is 12.4. The van der Waals surface area contributed by atoms with Gasteiger partial charge in [0.1, 0.15) is 0 Å². The molecule has 7 heteroatoms. The average molecular weight is 375 g/mol. The zero-order chi connectivity index (χ0) is 19.3. The highest BCUT2D eigenvalue weighted by molar-refractivity contribution is 7.89. The van der Waals surface area contributed by atoms with Gasteiger partial charge in [0.25, 0.3) is 5.91 Å². The van der Waals surface area contributed by atoms with E-state index in [1.807, 2.05) is 45.0 Å². The van der Waals surface area contributed by atoms with Crippen LogP contribution in [0.1, 0.15) is 24.2 Å². The van der Waals surface area contributed by atoms with E-state index in [-0.39, 0.29) is 22.3 Å². The number of anilines is 2. The Balaban J connectivity index is 2.15. The van der Waals surface area contributed by atoms with Gasteiger partial charge >= 0.3 is 0 Å². The largest absolute Gasteiger partial charge is 0.378 e. The number of rotatable bonds is 7. The minimum absolute atomic E-state index is 0.0776. The van der Waals surface area contributed by atoms with E-state index in [0.717, 1.165) is 5.69 Å². The molecule has 0 aliphatic heterocycles. The Morgan fingerprint density at radius 1 is 1.08 bits per heavy atom. The van der Waals surface area contributed by atoms with Gasteiger partial charge in [0.15, 0.2) is 0 Å². The van der Waals surface area contributed by atoms with Crippen molar-refractivity contribution in [1.29, 1.82) is 0 Å². The first-order chi connectivity index (χ1) is 12.2. The Labute approximate surface area is 155 Å². The molecule has 0 atom stereocenters. The number of carbonyl (C=O) groups is 1. The number of amides is 1. The Kier molecular flexibility index (Phi) is 6.39. The predicted octanol–water partition coefficient (Wildman–Crippen LogP) is 2.94. The van der Waals surface area contributed by atoms with Crippen molar-refractivity contribution in [3.63, 3.8) is 0 Å². The highest BCUT2D eigenvalue weighted by Gasteiger charge is 2.16. The lowest BCUT2D eigenvalue weighted by molar-refractivity contribution is 0.102. The lowest BCUT2D eigenvalue weighted by atomic mass is 10.2. The van der Waals surface area contributed by atoms with E-state index in [1.165, 1.54) is 12.1 Å². The van der Waals surface area contributed by atoms with Crippen molar-refractivity contribution in [3.8, 4) is 0 Å². The fourth-order valence-electron chi connectivity index (χ4n) is 2.21. The van der Waals surface area contributed by atoms with Gasteiger partial charge in [0, 0.05) is 37.6 Å². The Hall–Kier alpha value is -2.38. The normalized spacial score (nSPS) is 11.4. The number of hydrogen-bond donors (Lipinski definition) is 2. The predicted molar refractivity (Wildman–Crippen MR) is 105 cm³/mol. The molecule has 0 saturated carbocycles. The summed E-state index contributed by atoms with van der Waals surface area (Å²) >= 11 is 0. The van der Waals surface area contributed by atoms with Gasteiger partial charge in [-0.05, 0) is 48.4 Å². The van der Waals surface area contributed by atoms with Crippen LogP contribution >= 0.6 is 0 Å². The maximum absolute atomic E-state index is 12.4. The summed E-state index contributed by atoms with van der Waals surface area (Å²) in [5.41, 5.74) is 1.95. The molecule has 0 aliphatic rings. The molecule has 2 aromatic rings. The second-order valence-corrected chi connectivity index (χ2v) is 8.44. The average Bonchev–Trinajstić information content (AvgIpc) is 2.60. The van der Waals surface area contributed by atoms with Crippen molar-refractivity contribution in [2.24, 2.45) is 5.92 Å². The van der Waals surface area contributed by atoms with Crippen LogP contribution in [0.25, 0.3) is 0 Å². The number of nitrogens with zero attached hydrogens (tertiary/aromatic N) is 1. The fraction of sp³-hybridized carbons (Fsp3) is 0.316. The number of nitrogens with one attached hydrogen (secondary N) is 2. The second-order valence-electron chi connectivity index (χ2n) is 6.67. The first-order valence-electron chi connectivity index (χ1n) is 8.37. The molecule has 6 nitrogen and oxygen atoms in total. The fourth-order valence-corrected chi connectivity index (χ4v) is 3.47. The molecule has 0 saturated heterocycles. The number of carbonyl (C=O) groups excluding carboxylic acids is 1. The summed E-state index contributed by atoms with van der Waals surface area (Å²) in [4.78, 5) is 14.5. The molecule has 2 aromatic carbocycles. The molecule has 0 unspecified atom stereocenters. The lowest BCUT2D eigenvalue weighted by Crippen LogP contribution is -2.27. The monoisotopic (exact) mass is 375 g/mol. The molecule has 1 amide bonds. The minimum Gasteiger partial charge on any atom is -0.378 e. The van der Waals surface area contributed by atoms with Gasteiger partial charge in [-0.2, -0.15) is 0 Å². The standard InChI is InChI=1S/C19H25N3O3S/c1-14(2)13-20-26(24,25)18-7-5-6-15(12-18)19(23)21-16-8-10-17(11-9-16)22(3)4/h5-12,14,20H,13H2,1-4H3,(H,21,23). The van der Waals surface area contributed by atoms with Crippen molar-refractivity contribution in [3.05, 3.63) is 54.1 Å². The highest BCUT2D eigenvalue weighted by atomic mass is 32.2. The Morgan fingerprint density at radius 2 is 1.73 bits per heavy atom. The van der Waals surface area contributed by atoms with Crippen LogP contribution in [0.15, 0.2) is 53.4 Å². The van der Waals surface area contributed by atoms with E-state index in [0.29, 0.717) is 12.2 Å². The van der Waals surface area contributed by atoms with Crippen LogP contribution in [0.2, 0.25) is 0 Å². The summed E-state index contributed by atoms with van der Waals surface area (Å²) in [7, 11) is 0.240. The molecule has 140 valence electrons. The third-order valence-corrected chi connectivity index (χ3v) is 5.15. The molecule has 0 fully saturated rings. The van der Waals surface area contributed by atoms with Crippen molar-refractivity contribution in [2.75, 3.05) is 30.9 Å². The van der Waals surface area contributed by atoms with E-state index >= 15 is 0 Å². The molecule has 0 spiro atoms. The number of benzene rings is 2. The van der Waals surface area contributed by atoms with E-state index < -0.39 is 10.0 Å². The summed E-state index contributed by atoms with van der Waals surface area (Å²) in [6.45, 7) is 4.19. The molecule has 2 N–H and O–H groups in total. The summed E-state index contributed by atoms with van der Waals surface area (Å²) in [6, 6.07) is 13.4. The summed E-state index contributed by atoms with van der Waals surface area (Å²) < 4.78 is 27.2. The second kappa shape index (κ2) is 8.33. The van der Waals surface area contributed by atoms with Gasteiger partial charge in [-0.15, -0.1) is 0 Å². The summed E-state index contributed by atoms with van der Waals surface area (Å²) in [5.74, 6) is -0.162. The molecule has 0 radical (unpaired) electrons. The minimum atomic E-state index is -3.63. The van der Waals surface area contributed by atoms with Gasteiger partial charge < -0.3 is 10.2 Å². The van der Waals surface area contributed by atoms with Crippen LogP contribution in [0.4, 0.5) is 11.4 Å². The number of hydrogen-bond acceptors (Lipinski definition) is 4. The van der Waals surface area contributed by atoms with Crippen LogP contribution < -0.4 is 14.9 Å². The van der Waals surface area contributed by atoms with Crippen LogP contribution in [0.3, 0.4) is 0 Å². The maximum Gasteiger partial charge on any atom is 0.255 e. The third-order valence-electron chi connectivity index (χ3n) is 3.73. The van der Waals surface area contributed by atoms with Crippen molar-refractivity contribution in [1.82, 2.24) is 4.72 Å². The van der Waals surface area contributed by atoms with Gasteiger partial charge in [0.2, 0.25) is 10.0 Å². The van der Waals surface area contributed by atoms with Crippen LogP contribution in [-0.2, 0) is 10.0 Å². The third kappa shape index (κ3) is 5.31. The van der Waals surface area contributed by atoms with Gasteiger partial charge in [0.05, 0.1) is 4.90 Å².